The lowest BCUT2D eigenvalue weighted by Crippen LogP contribution is -2.23. The van der Waals surface area contributed by atoms with Crippen molar-refractivity contribution in [1.29, 1.82) is 0 Å². The Labute approximate surface area is 245 Å². The number of hydrogen-bond acceptors (Lipinski definition) is 4. The molecule has 4 aromatic carbocycles. The molecule has 0 aliphatic carbocycles. The quantitative estimate of drug-likeness (QED) is 0.160. The molecular weight excluding hydrogens is 674 g/mol. The molecule has 0 aliphatic heterocycles. The third kappa shape index (κ3) is 5.48. The number of hydrogen-bond donors (Lipinski definition) is 0. The lowest BCUT2D eigenvalue weighted by atomic mass is 10.1. The summed E-state index contributed by atoms with van der Waals surface area (Å²) < 4.78 is 10.0. The Hall–Kier alpha value is -2.81. The van der Waals surface area contributed by atoms with Crippen LogP contribution in [0.15, 0.2) is 96.1 Å². The highest BCUT2D eigenvalue weighted by Crippen LogP contribution is 2.35. The zero-order valence-corrected chi connectivity index (χ0v) is 25.5. The van der Waals surface area contributed by atoms with Gasteiger partial charge in [-0.3, -0.25) is 4.79 Å². The van der Waals surface area contributed by atoms with E-state index in [1.807, 2.05) is 49.4 Å². The van der Waals surface area contributed by atoms with Crippen LogP contribution in [0, 0.1) is 0 Å². The molecular formula is C30H24Br3N3O2. The van der Waals surface area contributed by atoms with Crippen molar-refractivity contribution in [3.63, 3.8) is 0 Å². The van der Waals surface area contributed by atoms with Crippen LogP contribution in [0.1, 0.15) is 43.1 Å². The maximum absolute atomic E-state index is 13.4. The topological polar surface area (TPSA) is 56.5 Å². The molecule has 0 spiro atoms. The summed E-state index contributed by atoms with van der Waals surface area (Å²) in [4.78, 5) is 18.2. The summed E-state index contributed by atoms with van der Waals surface area (Å²) in [5.74, 6) is 1.40. The summed E-state index contributed by atoms with van der Waals surface area (Å²) in [5.41, 5.74) is 2.38. The average molecular weight is 698 g/mol. The van der Waals surface area contributed by atoms with Crippen molar-refractivity contribution in [2.45, 2.75) is 32.8 Å². The van der Waals surface area contributed by atoms with Crippen LogP contribution in [0.2, 0.25) is 0 Å². The van der Waals surface area contributed by atoms with Crippen molar-refractivity contribution in [2.75, 3.05) is 0 Å². The van der Waals surface area contributed by atoms with Gasteiger partial charge in [-0.25, -0.2) is 4.98 Å². The molecule has 0 bridgehead atoms. The number of fused-ring (bicyclic) bond motifs is 2. The van der Waals surface area contributed by atoms with Crippen LogP contribution in [0.4, 0.5) is 0 Å². The van der Waals surface area contributed by atoms with Gasteiger partial charge in [0.25, 0.3) is 5.56 Å². The molecule has 1 aromatic heterocycles. The summed E-state index contributed by atoms with van der Waals surface area (Å²) in [6, 6.07) is 23.9. The Morgan fingerprint density at radius 3 is 2.47 bits per heavy atom. The second-order valence-electron chi connectivity index (χ2n) is 9.04. The Morgan fingerprint density at radius 2 is 1.71 bits per heavy atom. The first-order chi connectivity index (χ1) is 18.4. The largest absolute Gasteiger partial charge is 0.487 e. The molecule has 0 fully saturated rings. The van der Waals surface area contributed by atoms with Crippen LogP contribution < -0.4 is 10.3 Å². The zero-order valence-electron chi connectivity index (χ0n) is 20.8. The number of rotatable bonds is 7. The van der Waals surface area contributed by atoms with E-state index in [-0.39, 0.29) is 11.5 Å². The van der Waals surface area contributed by atoms with Crippen molar-refractivity contribution >= 4 is 75.7 Å². The third-order valence-electron chi connectivity index (χ3n) is 6.48. The predicted octanol–water partition coefficient (Wildman–Crippen LogP) is 8.81. The van der Waals surface area contributed by atoms with Crippen molar-refractivity contribution in [3.8, 4) is 5.75 Å². The normalized spacial score (nSPS) is 12.4. The molecule has 0 unspecified atom stereocenters. The fourth-order valence-corrected chi connectivity index (χ4v) is 6.08. The summed E-state index contributed by atoms with van der Waals surface area (Å²) in [7, 11) is 0. The van der Waals surface area contributed by atoms with Gasteiger partial charge in [-0.05, 0) is 90.5 Å². The van der Waals surface area contributed by atoms with Crippen LogP contribution in [-0.4, -0.2) is 15.9 Å². The summed E-state index contributed by atoms with van der Waals surface area (Å²) in [6.45, 7) is 4.55. The van der Waals surface area contributed by atoms with Crippen LogP contribution in [-0.2, 0) is 6.61 Å². The van der Waals surface area contributed by atoms with Gasteiger partial charge < -0.3 is 4.74 Å². The van der Waals surface area contributed by atoms with E-state index in [9.17, 15) is 4.79 Å². The summed E-state index contributed by atoms with van der Waals surface area (Å²) in [6.07, 6.45) is 2.51. The Kier molecular flexibility index (Phi) is 8.12. The van der Waals surface area contributed by atoms with Gasteiger partial charge >= 0.3 is 0 Å². The van der Waals surface area contributed by atoms with E-state index < -0.39 is 0 Å². The van der Waals surface area contributed by atoms with E-state index in [1.54, 1.807) is 12.3 Å². The highest BCUT2D eigenvalue weighted by atomic mass is 79.9. The molecule has 0 aliphatic rings. The smallest absolute Gasteiger partial charge is 0.282 e. The van der Waals surface area contributed by atoms with Crippen LogP contribution in [0.5, 0.6) is 5.75 Å². The SMILES string of the molecule is CC[C@H](C)c1nc2ccc(Br)cc2c(=O)n1N=Cc1cc(Br)c(OCc2cccc3ccccc23)c(Br)c1. The minimum Gasteiger partial charge on any atom is -0.487 e. The van der Waals surface area contributed by atoms with E-state index in [1.165, 1.54) is 15.4 Å². The monoisotopic (exact) mass is 695 g/mol. The number of benzene rings is 4. The number of aromatic nitrogens is 2. The fraction of sp³-hybridized carbons (Fsp3) is 0.167. The highest BCUT2D eigenvalue weighted by Gasteiger charge is 2.16. The van der Waals surface area contributed by atoms with E-state index in [2.05, 4.69) is 84.1 Å². The van der Waals surface area contributed by atoms with E-state index in [0.29, 0.717) is 29.1 Å². The second kappa shape index (κ2) is 11.5. The van der Waals surface area contributed by atoms with E-state index in [0.717, 1.165) is 31.0 Å². The molecule has 0 radical (unpaired) electrons. The van der Waals surface area contributed by atoms with Crippen molar-refractivity contribution in [1.82, 2.24) is 9.66 Å². The molecule has 1 heterocycles. The Morgan fingerprint density at radius 1 is 0.974 bits per heavy atom. The number of nitrogens with zero attached hydrogens (tertiary/aromatic N) is 3. The number of halogens is 3. The van der Waals surface area contributed by atoms with E-state index in [4.69, 9.17) is 9.72 Å². The first-order valence-corrected chi connectivity index (χ1v) is 14.6. The fourth-order valence-electron chi connectivity index (χ4n) is 4.26. The van der Waals surface area contributed by atoms with Gasteiger partial charge in [0.05, 0.1) is 26.1 Å². The summed E-state index contributed by atoms with van der Waals surface area (Å²) in [5, 5.41) is 7.45. The van der Waals surface area contributed by atoms with Crippen LogP contribution in [0.25, 0.3) is 21.7 Å². The maximum atomic E-state index is 13.4. The minimum absolute atomic E-state index is 0.0659. The summed E-state index contributed by atoms with van der Waals surface area (Å²) >= 11 is 10.8. The molecule has 0 amide bonds. The van der Waals surface area contributed by atoms with E-state index >= 15 is 0 Å². The third-order valence-corrected chi connectivity index (χ3v) is 8.15. The van der Waals surface area contributed by atoms with Gasteiger partial charge in [0.1, 0.15) is 18.2 Å². The van der Waals surface area contributed by atoms with Crippen LogP contribution >= 0.6 is 47.8 Å². The molecule has 8 heteroatoms. The van der Waals surface area contributed by atoms with Crippen molar-refractivity contribution < 1.29 is 4.74 Å². The van der Waals surface area contributed by atoms with Gasteiger partial charge in [0.2, 0.25) is 0 Å². The van der Waals surface area contributed by atoms with Gasteiger partial charge in [-0.15, -0.1) is 0 Å². The first-order valence-electron chi connectivity index (χ1n) is 12.2. The molecule has 5 rings (SSSR count). The van der Waals surface area contributed by atoms with Gasteiger partial charge in [0.15, 0.2) is 0 Å². The molecule has 5 aromatic rings. The zero-order chi connectivity index (χ0) is 26.8. The number of ether oxygens (including phenoxy) is 1. The molecule has 1 atom stereocenters. The standard InChI is InChI=1S/C30H24Br3N3O2/c1-3-18(2)29-35-27-12-11-22(31)15-24(27)30(37)36(29)34-16-19-13-25(32)28(26(33)14-19)38-17-21-9-6-8-20-7-4-5-10-23(20)21/h4-16,18H,3,17H2,1-2H3/t18-/m0/s1. The second-order valence-corrected chi connectivity index (χ2v) is 11.7. The lowest BCUT2D eigenvalue weighted by molar-refractivity contribution is 0.303. The van der Waals surface area contributed by atoms with Crippen molar-refractivity contribution in [3.05, 3.63) is 114 Å². The first kappa shape index (κ1) is 26.8. The molecule has 0 saturated carbocycles. The maximum Gasteiger partial charge on any atom is 0.282 e. The molecule has 38 heavy (non-hydrogen) atoms. The van der Waals surface area contributed by atoms with Crippen molar-refractivity contribution in [2.24, 2.45) is 5.10 Å². The highest BCUT2D eigenvalue weighted by molar-refractivity contribution is 9.11. The van der Waals surface area contributed by atoms with Gasteiger partial charge in [0, 0.05) is 10.4 Å². The molecule has 0 saturated heterocycles. The Balaban J connectivity index is 1.46. The molecule has 192 valence electrons. The Bertz CT molecular complexity index is 1720. The average Bonchev–Trinajstić information content (AvgIpc) is 2.92. The van der Waals surface area contributed by atoms with Crippen LogP contribution in [0.3, 0.4) is 0 Å². The minimum atomic E-state index is -0.198. The van der Waals surface area contributed by atoms with Gasteiger partial charge in [-0.2, -0.15) is 9.78 Å². The molecule has 5 nitrogen and oxygen atoms in total. The lowest BCUT2D eigenvalue weighted by Gasteiger charge is -2.14. The molecule has 0 N–H and O–H groups in total. The van der Waals surface area contributed by atoms with Gasteiger partial charge in [-0.1, -0.05) is 72.2 Å². The predicted molar refractivity (Wildman–Crippen MR) is 166 cm³/mol.